The van der Waals surface area contributed by atoms with Crippen LogP contribution in [0.15, 0.2) is 12.2 Å². The van der Waals surface area contributed by atoms with Crippen LogP contribution in [0.4, 0.5) is 0 Å². The first kappa shape index (κ1) is 27.7. The first-order valence-electron chi connectivity index (χ1n) is 12.8. The van der Waals surface area contributed by atoms with Gasteiger partial charge >= 0.3 is 11.9 Å². The molecule has 31 heavy (non-hydrogen) atoms. The van der Waals surface area contributed by atoms with E-state index >= 15 is 0 Å². The Balaban J connectivity index is 1.77. The van der Waals surface area contributed by atoms with Crippen LogP contribution in [0, 0.1) is 0 Å². The van der Waals surface area contributed by atoms with Crippen molar-refractivity contribution in [2.24, 2.45) is 0 Å². The molecule has 0 N–H and O–H groups in total. The van der Waals surface area contributed by atoms with Crippen molar-refractivity contribution in [3.05, 3.63) is 12.2 Å². The molecule has 0 saturated carbocycles. The van der Waals surface area contributed by atoms with Crippen LogP contribution in [0.1, 0.15) is 116 Å². The maximum absolute atomic E-state index is 11.8. The van der Waals surface area contributed by atoms with Crippen molar-refractivity contribution in [1.29, 1.82) is 0 Å². The number of carbonyl (C=O) groups is 2. The number of esters is 2. The average Bonchev–Trinajstić information content (AvgIpc) is 3.58. The van der Waals surface area contributed by atoms with Gasteiger partial charge in [-0.25, -0.2) is 4.79 Å². The van der Waals surface area contributed by atoms with Gasteiger partial charge in [0.05, 0.1) is 19.6 Å². The van der Waals surface area contributed by atoms with Crippen LogP contribution in [-0.4, -0.2) is 37.9 Å². The average molecular weight is 439 g/mol. The van der Waals surface area contributed by atoms with Crippen LogP contribution in [0.25, 0.3) is 0 Å². The molecule has 1 unspecified atom stereocenters. The second kappa shape index (κ2) is 19.3. The van der Waals surface area contributed by atoms with Gasteiger partial charge in [0.2, 0.25) is 0 Å². The highest BCUT2D eigenvalue weighted by Gasteiger charge is 2.25. The van der Waals surface area contributed by atoms with E-state index in [1.807, 2.05) is 0 Å². The minimum absolute atomic E-state index is 0.0126. The van der Waals surface area contributed by atoms with Crippen LogP contribution >= 0.6 is 0 Å². The Morgan fingerprint density at radius 3 is 1.68 bits per heavy atom. The molecule has 0 amide bonds. The molecule has 0 aromatic carbocycles. The van der Waals surface area contributed by atoms with Crippen molar-refractivity contribution in [2.75, 3.05) is 19.8 Å². The van der Waals surface area contributed by atoms with E-state index < -0.39 is 11.9 Å². The Morgan fingerprint density at radius 2 is 1.23 bits per heavy atom. The van der Waals surface area contributed by atoms with E-state index in [4.69, 9.17) is 14.2 Å². The number of rotatable bonds is 22. The Labute approximate surface area is 190 Å². The lowest BCUT2D eigenvalue weighted by atomic mass is 10.0. The molecule has 1 atom stereocenters. The molecule has 0 radical (unpaired) electrons. The van der Waals surface area contributed by atoms with E-state index in [9.17, 15) is 9.59 Å². The molecule has 0 aromatic heterocycles. The van der Waals surface area contributed by atoms with E-state index in [1.54, 1.807) is 0 Å². The third-order valence-electron chi connectivity index (χ3n) is 5.71. The molecule has 1 aliphatic heterocycles. The molecule has 0 bridgehead atoms. The summed E-state index contributed by atoms with van der Waals surface area (Å²) in [5.74, 6) is -0.958. The minimum atomic E-state index is -0.546. The fraction of sp³-hybridized carbons (Fsp3) is 0.846. The van der Waals surface area contributed by atoms with Crippen molar-refractivity contribution in [3.8, 4) is 0 Å². The first-order valence-corrected chi connectivity index (χ1v) is 12.8. The van der Waals surface area contributed by atoms with Crippen molar-refractivity contribution in [1.82, 2.24) is 0 Å². The Hall–Kier alpha value is -1.36. The summed E-state index contributed by atoms with van der Waals surface area (Å²) in [5, 5.41) is 0. The zero-order chi connectivity index (χ0) is 22.6. The largest absolute Gasteiger partial charge is 0.465 e. The summed E-state index contributed by atoms with van der Waals surface area (Å²) in [4.78, 5) is 23.4. The highest BCUT2D eigenvalue weighted by atomic mass is 16.6. The van der Waals surface area contributed by atoms with Crippen LogP contribution in [0.5, 0.6) is 0 Å². The van der Waals surface area contributed by atoms with Crippen molar-refractivity contribution >= 4 is 11.9 Å². The monoisotopic (exact) mass is 438 g/mol. The summed E-state index contributed by atoms with van der Waals surface area (Å²) in [7, 11) is 0. The summed E-state index contributed by atoms with van der Waals surface area (Å²) in [6.45, 7) is 7.14. The first-order chi connectivity index (χ1) is 15.1. The fourth-order valence-corrected chi connectivity index (χ4v) is 3.57. The third-order valence-corrected chi connectivity index (χ3v) is 5.71. The topological polar surface area (TPSA) is 65.1 Å². The molecular weight excluding hydrogens is 392 g/mol. The molecule has 1 saturated heterocycles. The number of hydrogen-bond acceptors (Lipinski definition) is 5. The van der Waals surface area contributed by atoms with Gasteiger partial charge in [0.1, 0.15) is 12.7 Å². The molecule has 5 nitrogen and oxygen atoms in total. The van der Waals surface area contributed by atoms with Crippen LogP contribution in [-0.2, 0) is 23.8 Å². The lowest BCUT2D eigenvalue weighted by molar-refractivity contribution is -0.146. The van der Waals surface area contributed by atoms with Gasteiger partial charge in [-0.2, -0.15) is 0 Å². The maximum atomic E-state index is 11.8. The lowest BCUT2D eigenvalue weighted by Gasteiger charge is -2.07. The van der Waals surface area contributed by atoms with Gasteiger partial charge in [-0.15, -0.1) is 0 Å². The summed E-state index contributed by atoms with van der Waals surface area (Å²) >= 11 is 0. The van der Waals surface area contributed by atoms with Gasteiger partial charge in [-0.05, 0) is 6.42 Å². The van der Waals surface area contributed by atoms with E-state index in [2.05, 4.69) is 13.5 Å². The summed E-state index contributed by atoms with van der Waals surface area (Å²) in [5.41, 5.74) is 0.137. The number of hydrogen-bond donors (Lipinski definition) is 0. The predicted molar refractivity (Wildman–Crippen MR) is 125 cm³/mol. The van der Waals surface area contributed by atoms with Gasteiger partial charge in [-0.1, -0.05) is 110 Å². The van der Waals surface area contributed by atoms with Crippen molar-refractivity contribution in [2.45, 2.75) is 122 Å². The zero-order valence-corrected chi connectivity index (χ0v) is 20.0. The van der Waals surface area contributed by atoms with E-state index in [0.717, 1.165) is 12.8 Å². The molecule has 5 heteroatoms. The molecule has 0 spiro atoms. The highest BCUT2D eigenvalue weighted by Crippen LogP contribution is 2.14. The molecule has 0 aliphatic carbocycles. The van der Waals surface area contributed by atoms with Crippen molar-refractivity contribution in [3.63, 3.8) is 0 Å². The van der Waals surface area contributed by atoms with Gasteiger partial charge in [0, 0.05) is 5.57 Å². The molecular formula is C26H46O5. The number of ether oxygens (including phenoxy) is 3. The van der Waals surface area contributed by atoms with Crippen LogP contribution < -0.4 is 0 Å². The molecule has 1 heterocycles. The highest BCUT2D eigenvalue weighted by molar-refractivity contribution is 5.93. The predicted octanol–water partition coefficient (Wildman–Crippen LogP) is 6.68. The maximum Gasteiger partial charge on any atom is 0.334 e. The number of epoxide rings is 1. The Bertz CT molecular complexity index is 484. The molecule has 1 fully saturated rings. The van der Waals surface area contributed by atoms with Gasteiger partial charge in [-0.3, -0.25) is 4.79 Å². The third kappa shape index (κ3) is 18.0. The second-order valence-electron chi connectivity index (χ2n) is 8.86. The van der Waals surface area contributed by atoms with Gasteiger partial charge in [0.25, 0.3) is 0 Å². The Morgan fingerprint density at radius 1 is 0.774 bits per heavy atom. The SMILES string of the molecule is C=C(CC(=O)OCCCCCCCCCCCCCCCCCC)C(=O)OCC1CO1. The molecule has 1 aliphatic rings. The lowest BCUT2D eigenvalue weighted by Crippen LogP contribution is -2.15. The van der Waals surface area contributed by atoms with Crippen LogP contribution in [0.3, 0.4) is 0 Å². The minimum Gasteiger partial charge on any atom is -0.465 e. The van der Waals surface area contributed by atoms with E-state index in [-0.39, 0.29) is 24.7 Å². The fourth-order valence-electron chi connectivity index (χ4n) is 3.57. The Kier molecular flexibility index (Phi) is 17.3. The summed E-state index contributed by atoms with van der Waals surface area (Å²) in [6, 6.07) is 0. The van der Waals surface area contributed by atoms with E-state index in [0.29, 0.717) is 13.2 Å². The normalized spacial score (nSPS) is 14.9. The zero-order valence-electron chi connectivity index (χ0n) is 20.0. The van der Waals surface area contributed by atoms with Gasteiger partial charge in [0.15, 0.2) is 0 Å². The van der Waals surface area contributed by atoms with E-state index in [1.165, 1.54) is 89.9 Å². The molecule has 180 valence electrons. The molecule has 0 aromatic rings. The quantitative estimate of drug-likeness (QED) is 0.0816. The number of carbonyl (C=O) groups excluding carboxylic acids is 2. The van der Waals surface area contributed by atoms with Crippen molar-refractivity contribution < 1.29 is 23.8 Å². The number of unbranched alkanes of at least 4 members (excludes halogenated alkanes) is 15. The summed E-state index contributed by atoms with van der Waals surface area (Å²) in [6.07, 6.45) is 21.0. The summed E-state index contributed by atoms with van der Waals surface area (Å²) < 4.78 is 15.1. The standard InChI is InChI=1S/C26H46O5/c1-3-4-5-6-7-8-9-10-11-12-13-14-15-16-17-18-19-29-25(27)20-23(2)26(28)31-22-24-21-30-24/h24H,2-22H2,1H3. The smallest absolute Gasteiger partial charge is 0.334 e. The van der Waals surface area contributed by atoms with Gasteiger partial charge < -0.3 is 14.2 Å². The second-order valence-corrected chi connectivity index (χ2v) is 8.86. The molecule has 1 rings (SSSR count). The van der Waals surface area contributed by atoms with Crippen LogP contribution in [0.2, 0.25) is 0 Å².